The molecule has 0 aromatic heterocycles. The van der Waals surface area contributed by atoms with Crippen LogP contribution in [0.3, 0.4) is 0 Å². The Balaban J connectivity index is 1.34. The van der Waals surface area contributed by atoms with Gasteiger partial charge in [-0.05, 0) is 73.1 Å². The van der Waals surface area contributed by atoms with Gasteiger partial charge in [0, 0.05) is 18.2 Å². The number of aliphatic hydroxyl groups excluding tert-OH is 2. The third-order valence-electron chi connectivity index (χ3n) is 8.40. The molecule has 0 atom stereocenters. The molecule has 3 aromatic carbocycles. The van der Waals surface area contributed by atoms with E-state index in [0.29, 0.717) is 55.4 Å². The Kier molecular flexibility index (Phi) is 10.2. The van der Waals surface area contributed by atoms with Crippen LogP contribution in [0.1, 0.15) is 55.7 Å². The van der Waals surface area contributed by atoms with Crippen molar-refractivity contribution in [1.29, 1.82) is 0 Å². The number of hydrogen-bond acceptors (Lipinski definition) is 7. The van der Waals surface area contributed by atoms with Gasteiger partial charge in [-0.3, -0.25) is 0 Å². The summed E-state index contributed by atoms with van der Waals surface area (Å²) in [4.78, 5) is 0. The van der Waals surface area contributed by atoms with Gasteiger partial charge in [0.2, 0.25) is 0 Å². The van der Waals surface area contributed by atoms with E-state index in [1.165, 1.54) is 32.1 Å². The molecule has 2 aliphatic rings. The number of nitrogens with one attached hydrogen (secondary N) is 1. The molecule has 0 amide bonds. The lowest BCUT2D eigenvalue weighted by molar-refractivity contribution is 0.102. The lowest BCUT2D eigenvalue weighted by Gasteiger charge is -2.27. The molecule has 1 fully saturated rings. The van der Waals surface area contributed by atoms with Crippen molar-refractivity contribution in [2.45, 2.75) is 64.6 Å². The van der Waals surface area contributed by atoms with E-state index in [0.717, 1.165) is 39.3 Å². The molecule has 5 rings (SSSR count). The third-order valence-corrected chi connectivity index (χ3v) is 8.70. The molecule has 0 saturated heterocycles. The summed E-state index contributed by atoms with van der Waals surface area (Å²) in [5.41, 5.74) is 4.37. The fraction of sp³-hybridized carbons (Fsp3) is 0.471. The van der Waals surface area contributed by atoms with Gasteiger partial charge < -0.3 is 34.5 Å². The third kappa shape index (κ3) is 7.32. The minimum atomic E-state index is -0.817. The van der Waals surface area contributed by atoms with Crippen molar-refractivity contribution in [2.75, 3.05) is 33.0 Å². The van der Waals surface area contributed by atoms with Gasteiger partial charge in [-0.2, -0.15) is 0 Å². The van der Waals surface area contributed by atoms with Crippen molar-refractivity contribution >= 4 is 11.6 Å². The second kappa shape index (κ2) is 14.0. The normalized spacial score (nSPS) is 15.5. The van der Waals surface area contributed by atoms with E-state index in [1.54, 1.807) is 6.92 Å². The van der Waals surface area contributed by atoms with Crippen LogP contribution in [0, 0.1) is 12.8 Å². The highest BCUT2D eigenvalue weighted by molar-refractivity contribution is 6.32. The molecule has 226 valence electrons. The maximum atomic E-state index is 9.74. The second-order valence-electron chi connectivity index (χ2n) is 11.7. The Hall–Kier alpha value is -2.97. The van der Waals surface area contributed by atoms with E-state index in [2.05, 4.69) is 30.4 Å². The van der Waals surface area contributed by atoms with Crippen molar-refractivity contribution in [3.05, 3.63) is 70.2 Å². The van der Waals surface area contributed by atoms with Crippen LogP contribution < -0.4 is 24.3 Å². The summed E-state index contributed by atoms with van der Waals surface area (Å²) in [6, 6.07) is 16.0. The summed E-state index contributed by atoms with van der Waals surface area (Å²) in [6.07, 6.45) is 6.13. The average Bonchev–Trinajstić information content (AvgIpc) is 3.03. The van der Waals surface area contributed by atoms with E-state index < -0.39 is 5.54 Å². The molecule has 1 aliphatic heterocycles. The van der Waals surface area contributed by atoms with Crippen molar-refractivity contribution in [1.82, 2.24) is 5.32 Å². The van der Waals surface area contributed by atoms with Gasteiger partial charge >= 0.3 is 0 Å². The highest BCUT2D eigenvalue weighted by Crippen LogP contribution is 2.38. The Morgan fingerprint density at radius 1 is 0.905 bits per heavy atom. The average molecular weight is 596 g/mol. The zero-order valence-electron chi connectivity index (χ0n) is 24.6. The first-order chi connectivity index (χ1) is 20.4. The summed E-state index contributed by atoms with van der Waals surface area (Å²) in [7, 11) is 0. The number of benzene rings is 3. The fourth-order valence-corrected chi connectivity index (χ4v) is 5.75. The first-order valence-electron chi connectivity index (χ1n) is 14.9. The minimum absolute atomic E-state index is 0.193. The van der Waals surface area contributed by atoms with Crippen molar-refractivity contribution in [2.24, 2.45) is 5.92 Å². The fourth-order valence-electron chi connectivity index (χ4n) is 5.51. The molecule has 8 heteroatoms. The van der Waals surface area contributed by atoms with Gasteiger partial charge in [-0.1, -0.05) is 55.1 Å². The van der Waals surface area contributed by atoms with E-state index >= 15 is 0 Å². The van der Waals surface area contributed by atoms with Gasteiger partial charge in [0.05, 0.1) is 30.4 Å². The van der Waals surface area contributed by atoms with Crippen LogP contribution in [0.2, 0.25) is 5.02 Å². The summed E-state index contributed by atoms with van der Waals surface area (Å²) in [5.74, 6) is 3.32. The maximum Gasteiger partial charge on any atom is 0.161 e. The molecular formula is C34H42ClNO6. The van der Waals surface area contributed by atoms with Gasteiger partial charge in [0.1, 0.15) is 31.3 Å². The second-order valence-corrected chi connectivity index (χ2v) is 12.1. The lowest BCUT2D eigenvalue weighted by Crippen LogP contribution is -2.48. The Bertz CT molecular complexity index is 1350. The van der Waals surface area contributed by atoms with E-state index in [4.69, 9.17) is 30.5 Å². The van der Waals surface area contributed by atoms with Gasteiger partial charge in [0.25, 0.3) is 0 Å². The van der Waals surface area contributed by atoms with Crippen molar-refractivity contribution in [3.63, 3.8) is 0 Å². The maximum absolute atomic E-state index is 9.74. The van der Waals surface area contributed by atoms with Gasteiger partial charge in [-0.25, -0.2) is 0 Å². The van der Waals surface area contributed by atoms with E-state index in [9.17, 15) is 10.2 Å². The summed E-state index contributed by atoms with van der Waals surface area (Å²) in [5, 5.41) is 23.2. The van der Waals surface area contributed by atoms with Gasteiger partial charge in [0.15, 0.2) is 11.5 Å². The van der Waals surface area contributed by atoms with E-state index in [-0.39, 0.29) is 13.2 Å². The standard InChI is InChI=1S/C34H42ClNO6/c1-23-26(9-6-10-28(23)25-11-12-30-33(16-25)40-14-13-39-30)20-42-32-17-31(41-19-24-7-4-3-5-8-24)27(15-29(32)35)18-36-34(2,21-37)22-38/h6,9-12,15-17,24,36-38H,3-5,7-8,13-14,18-22H2,1-2H3. The molecule has 1 aliphatic carbocycles. The number of ether oxygens (including phenoxy) is 4. The molecular weight excluding hydrogens is 554 g/mol. The van der Waals surface area contributed by atoms with Gasteiger partial charge in [-0.15, -0.1) is 0 Å². The van der Waals surface area contributed by atoms with Crippen molar-refractivity contribution < 1.29 is 29.2 Å². The van der Waals surface area contributed by atoms with Crippen LogP contribution in [-0.2, 0) is 13.2 Å². The largest absolute Gasteiger partial charge is 0.493 e. The first kappa shape index (κ1) is 30.5. The minimum Gasteiger partial charge on any atom is -0.493 e. The number of rotatable bonds is 12. The van der Waals surface area contributed by atoms with Crippen LogP contribution >= 0.6 is 11.6 Å². The monoisotopic (exact) mass is 595 g/mol. The highest BCUT2D eigenvalue weighted by atomic mass is 35.5. The summed E-state index contributed by atoms with van der Waals surface area (Å²) in [6.45, 7) is 5.97. The molecule has 0 unspecified atom stereocenters. The summed E-state index contributed by atoms with van der Waals surface area (Å²) < 4.78 is 24.2. The summed E-state index contributed by atoms with van der Waals surface area (Å²) >= 11 is 6.74. The number of aliphatic hydroxyl groups is 2. The SMILES string of the molecule is Cc1c(COc2cc(OCC3CCCCC3)c(CNC(C)(CO)CO)cc2Cl)cccc1-c1ccc2c(c1)OCCO2. The molecule has 42 heavy (non-hydrogen) atoms. The van der Waals surface area contributed by atoms with Crippen LogP contribution in [-0.4, -0.2) is 48.8 Å². The molecule has 0 bridgehead atoms. The molecule has 1 heterocycles. The van der Waals surface area contributed by atoms with Crippen LogP contribution in [0.4, 0.5) is 0 Å². The zero-order chi connectivity index (χ0) is 29.5. The highest BCUT2D eigenvalue weighted by Gasteiger charge is 2.23. The first-order valence-corrected chi connectivity index (χ1v) is 15.3. The predicted molar refractivity (Wildman–Crippen MR) is 165 cm³/mol. The lowest BCUT2D eigenvalue weighted by atomic mass is 9.90. The Labute approximate surface area is 253 Å². The van der Waals surface area contributed by atoms with Crippen LogP contribution in [0.15, 0.2) is 48.5 Å². The molecule has 3 aromatic rings. The number of halogens is 1. The van der Waals surface area contributed by atoms with E-state index in [1.807, 2.05) is 30.3 Å². The quantitative estimate of drug-likeness (QED) is 0.221. The zero-order valence-corrected chi connectivity index (χ0v) is 25.3. The number of hydrogen-bond donors (Lipinski definition) is 3. The molecule has 1 saturated carbocycles. The molecule has 0 spiro atoms. The van der Waals surface area contributed by atoms with Crippen LogP contribution in [0.5, 0.6) is 23.0 Å². The van der Waals surface area contributed by atoms with Crippen LogP contribution in [0.25, 0.3) is 11.1 Å². The molecule has 3 N–H and O–H groups in total. The molecule has 7 nitrogen and oxygen atoms in total. The smallest absolute Gasteiger partial charge is 0.161 e. The number of fused-ring (bicyclic) bond motifs is 1. The topological polar surface area (TPSA) is 89.4 Å². The van der Waals surface area contributed by atoms with Crippen molar-refractivity contribution in [3.8, 4) is 34.1 Å². The Morgan fingerprint density at radius 3 is 2.43 bits per heavy atom. The molecule has 0 radical (unpaired) electrons. The Morgan fingerprint density at radius 2 is 1.67 bits per heavy atom. The predicted octanol–water partition coefficient (Wildman–Crippen LogP) is 6.46.